The molecule has 0 saturated carbocycles. The standard InChI is InChI=1S/C12H16ClNO2/c1-8(2)7-16-12-5-4-10(6-11(12)13)14-9(3)15/h4-6,8H,7H2,1-3H3,(H,14,15). The lowest BCUT2D eigenvalue weighted by Crippen LogP contribution is -2.07. The number of amides is 1. The van der Waals surface area contributed by atoms with Crippen LogP contribution in [0.4, 0.5) is 5.69 Å². The van der Waals surface area contributed by atoms with Crippen molar-refractivity contribution in [3.05, 3.63) is 23.2 Å². The van der Waals surface area contributed by atoms with Crippen molar-refractivity contribution >= 4 is 23.2 Å². The van der Waals surface area contributed by atoms with Gasteiger partial charge in [-0.2, -0.15) is 0 Å². The fraction of sp³-hybridized carbons (Fsp3) is 0.417. The smallest absolute Gasteiger partial charge is 0.221 e. The van der Waals surface area contributed by atoms with E-state index in [1.54, 1.807) is 18.2 Å². The zero-order chi connectivity index (χ0) is 12.1. The molecule has 1 aromatic carbocycles. The first kappa shape index (κ1) is 12.8. The van der Waals surface area contributed by atoms with Crippen LogP contribution in [0.3, 0.4) is 0 Å². The Bertz CT molecular complexity index is 377. The number of nitrogens with one attached hydrogen (secondary N) is 1. The van der Waals surface area contributed by atoms with Crippen LogP contribution in [-0.4, -0.2) is 12.5 Å². The summed E-state index contributed by atoms with van der Waals surface area (Å²) in [5.41, 5.74) is 0.675. The predicted octanol–water partition coefficient (Wildman–Crippen LogP) is 3.33. The lowest BCUT2D eigenvalue weighted by Gasteiger charge is -2.11. The Hall–Kier alpha value is -1.22. The molecule has 0 bridgehead atoms. The quantitative estimate of drug-likeness (QED) is 0.878. The highest BCUT2D eigenvalue weighted by atomic mass is 35.5. The number of carbonyl (C=O) groups excluding carboxylic acids is 1. The van der Waals surface area contributed by atoms with E-state index >= 15 is 0 Å². The SMILES string of the molecule is CC(=O)Nc1ccc(OCC(C)C)c(Cl)c1. The Labute approximate surface area is 101 Å². The van der Waals surface area contributed by atoms with Gasteiger partial charge in [0.05, 0.1) is 11.6 Å². The zero-order valence-corrected chi connectivity index (χ0v) is 10.5. The van der Waals surface area contributed by atoms with Crippen molar-refractivity contribution in [2.75, 3.05) is 11.9 Å². The van der Waals surface area contributed by atoms with E-state index in [1.807, 2.05) is 0 Å². The van der Waals surface area contributed by atoms with Crippen molar-refractivity contribution in [3.8, 4) is 5.75 Å². The van der Waals surface area contributed by atoms with Crippen LogP contribution in [-0.2, 0) is 4.79 Å². The van der Waals surface area contributed by atoms with E-state index in [0.717, 1.165) is 0 Å². The summed E-state index contributed by atoms with van der Waals surface area (Å²) in [4.78, 5) is 10.8. The number of anilines is 1. The van der Waals surface area contributed by atoms with Crippen LogP contribution < -0.4 is 10.1 Å². The third kappa shape index (κ3) is 4.11. The molecule has 0 unspecified atom stereocenters. The lowest BCUT2D eigenvalue weighted by molar-refractivity contribution is -0.114. The van der Waals surface area contributed by atoms with E-state index in [1.165, 1.54) is 6.92 Å². The fourth-order valence-electron chi connectivity index (χ4n) is 1.16. The minimum Gasteiger partial charge on any atom is -0.492 e. The minimum atomic E-state index is -0.119. The van der Waals surface area contributed by atoms with Gasteiger partial charge in [-0.25, -0.2) is 0 Å². The van der Waals surface area contributed by atoms with Crippen molar-refractivity contribution in [3.63, 3.8) is 0 Å². The van der Waals surface area contributed by atoms with Crippen LogP contribution in [0.25, 0.3) is 0 Å². The number of rotatable bonds is 4. The predicted molar refractivity (Wildman–Crippen MR) is 66.1 cm³/mol. The summed E-state index contributed by atoms with van der Waals surface area (Å²) in [6, 6.07) is 5.21. The summed E-state index contributed by atoms with van der Waals surface area (Å²) in [6.07, 6.45) is 0. The van der Waals surface area contributed by atoms with Gasteiger partial charge in [-0.05, 0) is 24.1 Å². The normalized spacial score (nSPS) is 10.3. The summed E-state index contributed by atoms with van der Waals surface area (Å²) >= 11 is 6.02. The van der Waals surface area contributed by atoms with Gasteiger partial charge in [0.1, 0.15) is 5.75 Å². The number of ether oxygens (including phenoxy) is 1. The molecule has 0 spiro atoms. The molecule has 4 heteroatoms. The Morgan fingerprint density at radius 2 is 2.19 bits per heavy atom. The molecule has 0 aliphatic carbocycles. The van der Waals surface area contributed by atoms with Crippen LogP contribution in [0, 0.1) is 5.92 Å². The van der Waals surface area contributed by atoms with Crippen LogP contribution >= 0.6 is 11.6 Å². The third-order valence-electron chi connectivity index (χ3n) is 1.82. The molecule has 1 amide bonds. The summed E-state index contributed by atoms with van der Waals surface area (Å²) in [7, 11) is 0. The Morgan fingerprint density at radius 1 is 1.50 bits per heavy atom. The molecule has 16 heavy (non-hydrogen) atoms. The van der Waals surface area contributed by atoms with E-state index in [-0.39, 0.29) is 5.91 Å². The van der Waals surface area contributed by atoms with E-state index in [2.05, 4.69) is 19.2 Å². The monoisotopic (exact) mass is 241 g/mol. The molecule has 0 aliphatic rings. The van der Waals surface area contributed by atoms with Gasteiger partial charge in [-0.1, -0.05) is 25.4 Å². The highest BCUT2D eigenvalue weighted by Crippen LogP contribution is 2.27. The van der Waals surface area contributed by atoms with Crippen molar-refractivity contribution in [2.24, 2.45) is 5.92 Å². The highest BCUT2D eigenvalue weighted by molar-refractivity contribution is 6.32. The molecule has 1 N–H and O–H groups in total. The maximum Gasteiger partial charge on any atom is 0.221 e. The molecule has 0 radical (unpaired) electrons. The van der Waals surface area contributed by atoms with Crippen molar-refractivity contribution in [1.29, 1.82) is 0 Å². The van der Waals surface area contributed by atoms with E-state index in [0.29, 0.717) is 29.0 Å². The molecular weight excluding hydrogens is 226 g/mol. The van der Waals surface area contributed by atoms with E-state index < -0.39 is 0 Å². The average Bonchev–Trinajstić information content (AvgIpc) is 2.15. The maximum absolute atomic E-state index is 10.8. The first-order valence-electron chi connectivity index (χ1n) is 5.19. The second-order valence-corrected chi connectivity index (χ2v) is 4.44. The number of halogens is 1. The summed E-state index contributed by atoms with van der Waals surface area (Å²) in [6.45, 7) is 6.22. The zero-order valence-electron chi connectivity index (χ0n) is 9.71. The summed E-state index contributed by atoms with van der Waals surface area (Å²) < 4.78 is 5.51. The van der Waals surface area contributed by atoms with Gasteiger partial charge in [-0.3, -0.25) is 4.79 Å². The molecule has 1 aromatic rings. The van der Waals surface area contributed by atoms with Gasteiger partial charge < -0.3 is 10.1 Å². The van der Waals surface area contributed by atoms with Crippen molar-refractivity contribution in [2.45, 2.75) is 20.8 Å². The molecule has 0 aromatic heterocycles. The van der Waals surface area contributed by atoms with E-state index in [4.69, 9.17) is 16.3 Å². The molecule has 1 rings (SSSR count). The van der Waals surface area contributed by atoms with Crippen LogP contribution in [0.15, 0.2) is 18.2 Å². The molecule has 0 aliphatic heterocycles. The molecular formula is C12H16ClNO2. The summed E-state index contributed by atoms with van der Waals surface area (Å²) in [5, 5.41) is 3.17. The number of carbonyl (C=O) groups is 1. The molecule has 88 valence electrons. The van der Waals surface area contributed by atoms with Crippen molar-refractivity contribution in [1.82, 2.24) is 0 Å². The molecule has 0 saturated heterocycles. The van der Waals surface area contributed by atoms with Gasteiger partial charge in [0.25, 0.3) is 0 Å². The lowest BCUT2D eigenvalue weighted by atomic mass is 10.2. The first-order valence-corrected chi connectivity index (χ1v) is 5.56. The van der Waals surface area contributed by atoms with Gasteiger partial charge in [0.2, 0.25) is 5.91 Å². The van der Waals surface area contributed by atoms with Crippen molar-refractivity contribution < 1.29 is 9.53 Å². The fourth-order valence-corrected chi connectivity index (χ4v) is 1.39. The molecule has 0 heterocycles. The largest absolute Gasteiger partial charge is 0.492 e. The Morgan fingerprint density at radius 3 is 2.69 bits per heavy atom. The second kappa shape index (κ2) is 5.75. The van der Waals surface area contributed by atoms with Crippen LogP contribution in [0.2, 0.25) is 5.02 Å². The van der Waals surface area contributed by atoms with Gasteiger partial charge in [-0.15, -0.1) is 0 Å². The maximum atomic E-state index is 10.8. The Kier molecular flexibility index (Phi) is 4.62. The number of hydrogen-bond donors (Lipinski definition) is 1. The van der Waals surface area contributed by atoms with Gasteiger partial charge >= 0.3 is 0 Å². The second-order valence-electron chi connectivity index (χ2n) is 4.03. The topological polar surface area (TPSA) is 38.3 Å². The third-order valence-corrected chi connectivity index (χ3v) is 2.12. The number of benzene rings is 1. The molecule has 0 atom stereocenters. The minimum absolute atomic E-state index is 0.119. The molecule has 0 fully saturated rings. The van der Waals surface area contributed by atoms with Crippen LogP contribution in [0.1, 0.15) is 20.8 Å². The van der Waals surface area contributed by atoms with E-state index in [9.17, 15) is 4.79 Å². The van der Waals surface area contributed by atoms with Gasteiger partial charge in [0, 0.05) is 12.6 Å². The molecule has 3 nitrogen and oxygen atoms in total. The average molecular weight is 242 g/mol. The highest BCUT2D eigenvalue weighted by Gasteiger charge is 2.05. The van der Waals surface area contributed by atoms with Gasteiger partial charge in [0.15, 0.2) is 0 Å². The first-order chi connectivity index (χ1) is 7.49. The Balaban J connectivity index is 2.71. The number of hydrogen-bond acceptors (Lipinski definition) is 2. The van der Waals surface area contributed by atoms with Crippen LogP contribution in [0.5, 0.6) is 5.75 Å². The summed E-state index contributed by atoms with van der Waals surface area (Å²) in [5.74, 6) is 0.975.